The number of primary amides is 1. The van der Waals surface area contributed by atoms with Gasteiger partial charge in [0.2, 0.25) is 53.2 Å². The number of carboxylic acid groups (broad SMARTS) is 1. The van der Waals surface area contributed by atoms with Gasteiger partial charge in [0.05, 0.1) is 44.2 Å². The molecule has 2 aromatic carbocycles. The van der Waals surface area contributed by atoms with Crippen LogP contribution in [0.25, 0.3) is 0 Å². The minimum Gasteiger partial charge on any atom is -0.508 e. The quantitative estimate of drug-likeness (QED) is 0.0106. The number of nitrogens with zero attached hydrogens (tertiary/aromatic N) is 1. The van der Waals surface area contributed by atoms with E-state index in [4.69, 9.17) is 56.5 Å². The molecule has 3 fully saturated rings. The molecule has 3 aliphatic rings. The summed E-state index contributed by atoms with van der Waals surface area (Å²) in [6.45, 7) is 19.3. The van der Waals surface area contributed by atoms with Crippen molar-refractivity contribution in [2.75, 3.05) is 46.0 Å². The summed E-state index contributed by atoms with van der Waals surface area (Å²) in [6, 6.07) is 0.630. The van der Waals surface area contributed by atoms with Crippen molar-refractivity contribution in [1.82, 2.24) is 64.0 Å². The van der Waals surface area contributed by atoms with E-state index in [9.17, 15) is 87.9 Å². The van der Waals surface area contributed by atoms with Crippen molar-refractivity contribution in [2.45, 2.75) is 253 Å². The molecule has 11 amide bonds. The number of urea groups is 1. The highest BCUT2D eigenvalue weighted by molar-refractivity contribution is 8.93. The number of guanidine groups is 1. The van der Waals surface area contributed by atoms with Gasteiger partial charge < -0.3 is 124 Å². The van der Waals surface area contributed by atoms with Crippen LogP contribution >= 0.6 is 54.8 Å². The number of aliphatic carboxylic acids is 1. The maximum Gasteiger partial charge on any atom is 0.328 e. The van der Waals surface area contributed by atoms with Gasteiger partial charge in [0.15, 0.2) is 17.5 Å². The molecule has 704 valence electrons. The zero-order valence-electron chi connectivity index (χ0n) is 72.8. The molecule has 0 aromatic heterocycles. The standard InChI is InChI=1S/C45H75ClN12O10S2.C20H37N7O6.C16H23NO3S2/c1-25(2)20-28(23-30(46)34(21-26(3)4)54-42(66)44-69-70-44)37(61)58-57-33(11-6-8-18-48)40(64)52-31(10-5-7-17-47)38(62)55-35(22-27-13-15-29(60)16-14-27)41(65)53-32(12-9-19-51-45(49)50)39(63)56-36(24-59)43(67)68;1-9(2)5-11-18(31)27-17(22)16(30)14(8-28)24-19(32)12(6-15(21)29)25-20(33)26-13(7-23-11)10(3)4;1-10(2)7-12(17)9-20-14(15(19)16-21-22-16)8-11-3-5-13(18)6-4-11/h13-16,23,25-26,28,31-36,44,57,59-60H,5-12,17-22,24,47-48H2,1-4H3,(H,52,64)(H,53,65)(H,54,66)(H,55,62)(H,56,63)(H,58,61)(H,67,68)(H4,49,50,51);9-14,17,23,28H,5-8,22H2,1-4H3,(H2,21,29)(H,24,32)(H,27,31)(H2,25,26,33);3-6,10,12,14,16,18H,7-9,17H2,1-2H3/t28?,31-,32-,33?,34?,35?,36?;11?,12-,13?,14-,17?;/m00./s1. The van der Waals surface area contributed by atoms with E-state index in [-0.39, 0.29) is 120 Å². The van der Waals surface area contributed by atoms with Gasteiger partial charge in [0, 0.05) is 43.0 Å². The second kappa shape index (κ2) is 58.9. The Morgan fingerprint density at radius 1 is 0.584 bits per heavy atom. The van der Waals surface area contributed by atoms with Gasteiger partial charge in [-0.1, -0.05) is 161 Å². The Hall–Kier alpha value is -8.31. The van der Waals surface area contributed by atoms with Crippen LogP contribution in [-0.2, 0) is 75.1 Å². The van der Waals surface area contributed by atoms with E-state index >= 15 is 0 Å². The van der Waals surface area contributed by atoms with Crippen LogP contribution in [0.3, 0.4) is 0 Å². The van der Waals surface area contributed by atoms with E-state index in [1.165, 1.54) is 45.9 Å². The molecule has 0 bridgehead atoms. The Morgan fingerprint density at radius 3 is 1.58 bits per heavy atom. The number of nitrogens with one attached hydrogen (secondary N) is 12. The van der Waals surface area contributed by atoms with E-state index in [1.54, 1.807) is 39.8 Å². The van der Waals surface area contributed by atoms with Crippen molar-refractivity contribution in [3.63, 3.8) is 0 Å². The van der Waals surface area contributed by atoms with Crippen molar-refractivity contribution in [2.24, 2.45) is 80.6 Å². The number of Topliss-reactive ketones (excluding diaryl/α,β-unsaturated/α-hetero) is 2. The Kier molecular flexibility index (Phi) is 52.3. The number of hydrogen-bond acceptors (Lipinski definition) is 29. The fourth-order valence-electron chi connectivity index (χ4n) is 12.6. The first-order valence-electron chi connectivity index (χ1n) is 41.9. The van der Waals surface area contributed by atoms with Gasteiger partial charge in [-0.15, -0.1) is 0 Å². The van der Waals surface area contributed by atoms with Crippen LogP contribution in [0.4, 0.5) is 4.79 Å². The molecule has 10 unspecified atom stereocenters. The third-order valence-electron chi connectivity index (χ3n) is 19.4. The monoisotopic (exact) mass is 1850 g/mol. The fourth-order valence-corrected chi connectivity index (χ4v) is 15.2. The van der Waals surface area contributed by atoms with Crippen molar-refractivity contribution in [3.05, 3.63) is 70.8 Å². The lowest BCUT2D eigenvalue weighted by Gasteiger charge is -2.27. The third kappa shape index (κ3) is 45.3. The fraction of sp³-hybridized carbons (Fsp3) is 0.654. The highest BCUT2D eigenvalue weighted by Gasteiger charge is 2.41. The van der Waals surface area contributed by atoms with Gasteiger partial charge in [0.1, 0.15) is 75.2 Å². The first-order valence-corrected chi connectivity index (χ1v) is 46.9. The van der Waals surface area contributed by atoms with Crippen molar-refractivity contribution >= 4 is 137 Å². The van der Waals surface area contributed by atoms with E-state index < -0.39 is 163 Å². The number of aliphatic hydroxyl groups is 2. The molecule has 3 saturated heterocycles. The molecule has 44 heteroatoms. The summed E-state index contributed by atoms with van der Waals surface area (Å²) in [4.78, 5) is 173. The van der Waals surface area contributed by atoms with Crippen LogP contribution in [0.1, 0.15) is 164 Å². The summed E-state index contributed by atoms with van der Waals surface area (Å²) in [5.41, 5.74) is 46.5. The Morgan fingerprint density at radius 2 is 1.09 bits per heavy atom. The van der Waals surface area contributed by atoms with Crippen molar-refractivity contribution in [1.29, 1.82) is 0 Å². The highest BCUT2D eigenvalue weighted by atomic mass is 35.5. The number of halogens is 1. The van der Waals surface area contributed by atoms with Gasteiger partial charge in [-0.05, 0) is 149 Å². The largest absolute Gasteiger partial charge is 0.508 e. The number of carboxylic acids is 1. The molecule has 14 atom stereocenters. The number of hydrogen-bond donors (Lipinski definition) is 24. The van der Waals surface area contributed by atoms with Gasteiger partial charge in [-0.3, -0.25) is 63.2 Å². The summed E-state index contributed by atoms with van der Waals surface area (Å²) >= 11 is 6.85. The zero-order chi connectivity index (χ0) is 93.7. The normalized spacial score (nSPS) is 19.3. The molecule has 0 saturated carbocycles. The van der Waals surface area contributed by atoms with E-state index in [2.05, 4.69) is 82.9 Å². The maximum absolute atomic E-state index is 14.3. The molecule has 0 radical (unpaired) electrons. The number of aliphatic imine (C=N–C) groups is 1. The van der Waals surface area contributed by atoms with Crippen molar-refractivity contribution < 1.29 is 92.6 Å². The number of benzene rings is 2. The molecular weight excluding hydrogens is 1720 g/mol. The number of ether oxygens (including phenoxy) is 1. The minimum absolute atomic E-state index is 0.00318. The van der Waals surface area contributed by atoms with Gasteiger partial charge in [-0.2, -0.15) is 0 Å². The molecule has 2 aromatic rings. The lowest BCUT2D eigenvalue weighted by molar-refractivity contribution is -0.143. The summed E-state index contributed by atoms with van der Waals surface area (Å²) in [6.07, 6.45) is 3.99. The minimum atomic E-state index is -1.69. The number of rotatable bonds is 50. The SMILES string of the molecule is CC(C)CC(C=C(Cl)C(CC(C)C)NC(=O)C1SS1)C(=O)NNC(CCCCN)C(=O)N[C@@H](CCCCN)C(=O)NC(Cc1ccc(O)cc1)C(=O)N[C@@H](CCCN=C(N)N)C(=O)NC(CO)C(=O)O.CC(C)CC(N)COC(Cc1ccc(O)cc1)C(=O)C1SS1.CC(C)CC1NCC(C(C)C)NC(=O)N[C@@H](CC(N)=O)C(=O)N[C@@H](CO)C(=O)C(N)NC1=O. The van der Waals surface area contributed by atoms with E-state index in [0.29, 0.717) is 81.0 Å². The number of hydrazine groups is 1. The Labute approximate surface area is 752 Å². The molecule has 125 heavy (non-hydrogen) atoms. The number of nitrogens with two attached hydrogens (primary N) is 7. The maximum atomic E-state index is 14.3. The van der Waals surface area contributed by atoms with Crippen LogP contribution in [0.2, 0.25) is 0 Å². The topological polar surface area (TPSA) is 671 Å². The first kappa shape index (κ1) is 111. The van der Waals surface area contributed by atoms with E-state index in [1.807, 2.05) is 67.5 Å². The second-order valence-corrected chi connectivity index (χ2v) is 38.8. The molecule has 0 aliphatic carbocycles. The number of carbonyl (C=O) groups is 13. The summed E-state index contributed by atoms with van der Waals surface area (Å²) in [5, 5.41) is 74.4. The average Bonchev–Trinajstić information content (AvgIpc) is 1.57. The van der Waals surface area contributed by atoms with Crippen LogP contribution in [-0.4, -0.2) is 242 Å². The molecular formula is C81H135ClN20O19S4. The molecule has 0 spiro atoms. The molecule has 3 heterocycles. The molecule has 3 aliphatic heterocycles. The average molecular weight is 1860 g/mol. The van der Waals surface area contributed by atoms with Gasteiger partial charge in [0.25, 0.3) is 0 Å². The predicted octanol–water partition coefficient (Wildman–Crippen LogP) is 0.292. The van der Waals surface area contributed by atoms with Crippen LogP contribution in [0.15, 0.2) is 64.6 Å². The Balaban J connectivity index is 0.000000595. The predicted molar refractivity (Wildman–Crippen MR) is 485 cm³/mol. The summed E-state index contributed by atoms with van der Waals surface area (Å²) in [7, 11) is 6.07. The lowest BCUT2D eigenvalue weighted by Crippen LogP contribution is -2.61. The first-order chi connectivity index (χ1) is 59.0. The number of aromatic hydroxyl groups is 2. The van der Waals surface area contributed by atoms with Crippen LogP contribution in [0, 0.1) is 35.5 Å². The van der Waals surface area contributed by atoms with Gasteiger partial charge in [-0.25, -0.2) is 15.0 Å². The second-order valence-electron chi connectivity index (χ2n) is 32.8. The third-order valence-corrected chi connectivity index (χ3v) is 23.7. The number of ketones is 2. The zero-order valence-corrected chi connectivity index (χ0v) is 76.8. The Bertz CT molecular complexity index is 3820. The van der Waals surface area contributed by atoms with Crippen molar-refractivity contribution in [3.8, 4) is 11.5 Å². The highest BCUT2D eigenvalue weighted by Crippen LogP contribution is 2.54. The number of unbranched alkanes of at least 4 members (excludes halogenated alkanes) is 2. The summed E-state index contributed by atoms with van der Waals surface area (Å²) in [5.74, 6) is -8.37. The lowest BCUT2D eigenvalue weighted by atomic mass is 9.94. The number of aliphatic hydroxyl groups excluding tert-OH is 2. The molecule has 5 rings (SSSR count). The van der Waals surface area contributed by atoms with Crippen LogP contribution < -0.4 is 104 Å². The molecule has 31 N–H and O–H groups in total. The number of amides is 11. The number of carbonyl (C=O) groups excluding carboxylic acids is 12. The number of phenols is 2. The smallest absolute Gasteiger partial charge is 0.328 e. The molecule has 39 nitrogen and oxygen atoms in total. The summed E-state index contributed by atoms with van der Waals surface area (Å²) < 4.78 is 5.64. The number of phenolic OH excluding ortho intramolecular Hbond substituents is 2. The van der Waals surface area contributed by atoms with E-state index in [0.717, 1.165) is 12.0 Å². The van der Waals surface area contributed by atoms with Crippen LogP contribution in [0.5, 0.6) is 11.5 Å². The van der Waals surface area contributed by atoms with Gasteiger partial charge >= 0.3 is 12.0 Å².